The average molecular weight is 243 g/mol. The van der Waals surface area contributed by atoms with E-state index in [2.05, 4.69) is 16.0 Å². The van der Waals surface area contributed by atoms with Crippen LogP contribution in [-0.4, -0.2) is 19.1 Å². The van der Waals surface area contributed by atoms with Crippen LogP contribution in [0.3, 0.4) is 0 Å². The Hall–Kier alpha value is -2.23. The van der Waals surface area contributed by atoms with Crippen molar-refractivity contribution in [2.45, 2.75) is 6.54 Å². The number of nitrogens with zero attached hydrogens (tertiary/aromatic N) is 2. The summed E-state index contributed by atoms with van der Waals surface area (Å²) in [7, 11) is 3.65. The first-order valence-electron chi connectivity index (χ1n) is 5.74. The van der Waals surface area contributed by atoms with Crippen LogP contribution in [0.2, 0.25) is 0 Å². The first kappa shape index (κ1) is 12.2. The van der Waals surface area contributed by atoms with Crippen molar-refractivity contribution in [1.29, 1.82) is 0 Å². The Bertz CT molecular complexity index is 514. The molecule has 0 radical (unpaired) electrons. The van der Waals surface area contributed by atoms with E-state index in [4.69, 9.17) is 10.5 Å². The minimum atomic E-state index is 0.649. The molecule has 1 aromatic heterocycles. The Morgan fingerprint density at radius 3 is 2.83 bits per heavy atom. The fourth-order valence-electron chi connectivity index (χ4n) is 1.79. The Balaban J connectivity index is 2.16. The summed E-state index contributed by atoms with van der Waals surface area (Å²) in [6.45, 7) is 0.793. The van der Waals surface area contributed by atoms with Crippen LogP contribution in [0.15, 0.2) is 42.7 Å². The van der Waals surface area contributed by atoms with Crippen LogP contribution in [0.5, 0.6) is 5.75 Å². The number of methoxy groups -OCH3 is 1. The Morgan fingerprint density at radius 2 is 2.17 bits per heavy atom. The molecule has 4 heteroatoms. The lowest BCUT2D eigenvalue weighted by molar-refractivity contribution is 0.417. The molecule has 4 nitrogen and oxygen atoms in total. The van der Waals surface area contributed by atoms with Gasteiger partial charge in [0.1, 0.15) is 5.75 Å². The first-order valence-corrected chi connectivity index (χ1v) is 5.74. The van der Waals surface area contributed by atoms with Gasteiger partial charge < -0.3 is 15.4 Å². The fraction of sp³-hybridized carbons (Fsp3) is 0.214. The van der Waals surface area contributed by atoms with Gasteiger partial charge in [-0.25, -0.2) is 0 Å². The van der Waals surface area contributed by atoms with Crippen molar-refractivity contribution in [3.8, 4) is 5.75 Å². The summed E-state index contributed by atoms with van der Waals surface area (Å²) in [5.74, 6) is 0.700. The molecular weight excluding hydrogens is 226 g/mol. The number of ether oxygens (including phenoxy) is 1. The third-order valence-electron chi connectivity index (χ3n) is 2.80. The van der Waals surface area contributed by atoms with E-state index < -0.39 is 0 Å². The van der Waals surface area contributed by atoms with Gasteiger partial charge in [-0.15, -0.1) is 0 Å². The summed E-state index contributed by atoms with van der Waals surface area (Å²) >= 11 is 0. The largest absolute Gasteiger partial charge is 0.495 e. The van der Waals surface area contributed by atoms with E-state index in [1.165, 1.54) is 0 Å². The number of rotatable bonds is 4. The Morgan fingerprint density at radius 1 is 1.33 bits per heavy atom. The standard InChI is InChI=1S/C14H17N3O/c1-17(10-11-4-3-7-16-9-11)12-5-6-13(15)14(8-12)18-2/h3-9H,10,15H2,1-2H3. The number of hydrogen-bond donors (Lipinski definition) is 1. The smallest absolute Gasteiger partial charge is 0.143 e. The molecule has 94 valence electrons. The number of hydrogen-bond acceptors (Lipinski definition) is 4. The van der Waals surface area contributed by atoms with Crippen LogP contribution in [0.25, 0.3) is 0 Å². The number of pyridine rings is 1. The third-order valence-corrected chi connectivity index (χ3v) is 2.80. The van der Waals surface area contributed by atoms with E-state index in [1.54, 1.807) is 13.3 Å². The molecule has 0 bridgehead atoms. The van der Waals surface area contributed by atoms with E-state index in [0.29, 0.717) is 11.4 Å². The Labute approximate surface area is 107 Å². The lowest BCUT2D eigenvalue weighted by Gasteiger charge is -2.20. The summed E-state index contributed by atoms with van der Waals surface area (Å²) in [5.41, 5.74) is 8.67. The van der Waals surface area contributed by atoms with Crippen LogP contribution < -0.4 is 15.4 Å². The molecule has 0 saturated heterocycles. The minimum Gasteiger partial charge on any atom is -0.495 e. The molecule has 0 unspecified atom stereocenters. The van der Waals surface area contributed by atoms with E-state index in [1.807, 2.05) is 37.5 Å². The van der Waals surface area contributed by atoms with Gasteiger partial charge in [-0.1, -0.05) is 6.07 Å². The van der Waals surface area contributed by atoms with Gasteiger partial charge in [-0.05, 0) is 23.8 Å². The van der Waals surface area contributed by atoms with Gasteiger partial charge in [-0.3, -0.25) is 4.98 Å². The first-order chi connectivity index (χ1) is 8.70. The molecule has 2 N–H and O–H groups in total. The summed E-state index contributed by atoms with van der Waals surface area (Å²) < 4.78 is 5.22. The maximum Gasteiger partial charge on any atom is 0.143 e. The number of benzene rings is 1. The van der Waals surface area contributed by atoms with Gasteiger partial charge in [0, 0.05) is 37.7 Å². The van der Waals surface area contributed by atoms with Crippen LogP contribution in [0.1, 0.15) is 5.56 Å². The zero-order chi connectivity index (χ0) is 13.0. The zero-order valence-corrected chi connectivity index (χ0v) is 10.6. The average Bonchev–Trinajstić information content (AvgIpc) is 2.40. The second-order valence-corrected chi connectivity index (χ2v) is 4.14. The molecule has 0 fully saturated rings. The van der Waals surface area contributed by atoms with Crippen molar-refractivity contribution in [3.05, 3.63) is 48.3 Å². The van der Waals surface area contributed by atoms with Gasteiger partial charge >= 0.3 is 0 Å². The molecule has 1 heterocycles. The summed E-state index contributed by atoms with van der Waals surface area (Å²) in [6, 6.07) is 9.76. The second-order valence-electron chi connectivity index (χ2n) is 4.14. The van der Waals surface area contributed by atoms with Gasteiger partial charge in [0.2, 0.25) is 0 Å². The summed E-state index contributed by atoms with van der Waals surface area (Å²) in [6.07, 6.45) is 3.64. The van der Waals surface area contributed by atoms with Gasteiger partial charge in [0.25, 0.3) is 0 Å². The van der Waals surface area contributed by atoms with Crippen LogP contribution in [0.4, 0.5) is 11.4 Å². The highest BCUT2D eigenvalue weighted by Crippen LogP contribution is 2.27. The maximum atomic E-state index is 5.80. The SMILES string of the molecule is COc1cc(N(C)Cc2cccnc2)ccc1N. The van der Waals surface area contributed by atoms with Crippen molar-refractivity contribution < 1.29 is 4.74 Å². The molecule has 0 amide bonds. The van der Waals surface area contributed by atoms with E-state index >= 15 is 0 Å². The molecule has 2 rings (SSSR count). The van der Waals surface area contributed by atoms with E-state index in [-0.39, 0.29) is 0 Å². The van der Waals surface area contributed by atoms with Crippen molar-refractivity contribution in [2.75, 3.05) is 24.8 Å². The maximum absolute atomic E-state index is 5.80. The minimum absolute atomic E-state index is 0.649. The number of aromatic nitrogens is 1. The van der Waals surface area contributed by atoms with Gasteiger partial charge in [0.05, 0.1) is 12.8 Å². The van der Waals surface area contributed by atoms with Crippen LogP contribution in [0, 0.1) is 0 Å². The quantitative estimate of drug-likeness (QED) is 0.837. The van der Waals surface area contributed by atoms with Crippen molar-refractivity contribution in [3.63, 3.8) is 0 Å². The van der Waals surface area contributed by atoms with Crippen LogP contribution >= 0.6 is 0 Å². The molecule has 18 heavy (non-hydrogen) atoms. The molecule has 0 atom stereocenters. The third kappa shape index (κ3) is 2.71. The predicted molar refractivity (Wildman–Crippen MR) is 73.8 cm³/mol. The molecular formula is C14H17N3O. The van der Waals surface area contributed by atoms with Crippen molar-refractivity contribution in [1.82, 2.24) is 4.98 Å². The van der Waals surface area contributed by atoms with Crippen LogP contribution in [-0.2, 0) is 6.54 Å². The summed E-state index contributed by atoms with van der Waals surface area (Å²) in [5, 5.41) is 0. The zero-order valence-electron chi connectivity index (χ0n) is 10.6. The highest BCUT2D eigenvalue weighted by molar-refractivity contribution is 5.62. The van der Waals surface area contributed by atoms with Gasteiger partial charge in [0.15, 0.2) is 0 Å². The lowest BCUT2D eigenvalue weighted by atomic mass is 10.2. The van der Waals surface area contributed by atoms with Gasteiger partial charge in [-0.2, -0.15) is 0 Å². The monoisotopic (exact) mass is 243 g/mol. The number of nitrogen functional groups attached to an aromatic ring is 1. The van der Waals surface area contributed by atoms with Crippen molar-refractivity contribution >= 4 is 11.4 Å². The highest BCUT2D eigenvalue weighted by atomic mass is 16.5. The molecule has 0 spiro atoms. The number of nitrogens with two attached hydrogens (primary N) is 1. The topological polar surface area (TPSA) is 51.4 Å². The normalized spacial score (nSPS) is 10.1. The van der Waals surface area contributed by atoms with E-state index in [9.17, 15) is 0 Å². The van der Waals surface area contributed by atoms with E-state index in [0.717, 1.165) is 17.8 Å². The number of anilines is 2. The molecule has 0 saturated carbocycles. The fourth-order valence-corrected chi connectivity index (χ4v) is 1.79. The molecule has 0 aliphatic heterocycles. The lowest BCUT2D eigenvalue weighted by Crippen LogP contribution is -2.16. The predicted octanol–water partition coefficient (Wildman–Crippen LogP) is 2.31. The molecule has 1 aromatic carbocycles. The molecule has 2 aromatic rings. The molecule has 0 aliphatic carbocycles. The Kier molecular flexibility index (Phi) is 3.67. The highest BCUT2D eigenvalue weighted by Gasteiger charge is 2.06. The summed E-state index contributed by atoms with van der Waals surface area (Å²) in [4.78, 5) is 6.23. The second kappa shape index (κ2) is 5.40. The van der Waals surface area contributed by atoms with Crippen molar-refractivity contribution in [2.24, 2.45) is 0 Å². The molecule has 0 aliphatic rings.